The molecule has 0 saturated carbocycles. The fourth-order valence-corrected chi connectivity index (χ4v) is 2.96. The molecule has 0 radical (unpaired) electrons. The van der Waals surface area contributed by atoms with E-state index in [1.54, 1.807) is 6.92 Å². The van der Waals surface area contributed by atoms with Crippen LogP contribution in [0.3, 0.4) is 0 Å². The van der Waals surface area contributed by atoms with Crippen LogP contribution >= 0.6 is 0 Å². The third-order valence-corrected chi connectivity index (χ3v) is 5.38. The van der Waals surface area contributed by atoms with Gasteiger partial charge in [-0.15, -0.1) is 0 Å². The lowest BCUT2D eigenvalue weighted by Gasteiger charge is -2.39. The van der Waals surface area contributed by atoms with Crippen LogP contribution in [0.5, 0.6) is 0 Å². The van der Waals surface area contributed by atoms with Gasteiger partial charge in [-0.2, -0.15) is 0 Å². The summed E-state index contributed by atoms with van der Waals surface area (Å²) in [4.78, 5) is 13.9. The van der Waals surface area contributed by atoms with Gasteiger partial charge in [0.25, 0.3) is 5.91 Å². The van der Waals surface area contributed by atoms with Crippen molar-refractivity contribution in [2.45, 2.75) is 32.0 Å². The van der Waals surface area contributed by atoms with E-state index in [1.165, 1.54) is 36.1 Å². The fourth-order valence-electron chi connectivity index (χ4n) is 2.32. The zero-order chi connectivity index (χ0) is 17.3. The van der Waals surface area contributed by atoms with E-state index in [-0.39, 0.29) is 18.2 Å². The Kier molecular flexibility index (Phi) is 4.98. The highest BCUT2D eigenvalue weighted by Gasteiger charge is 2.38. The number of carbonyl (C=O) groups excluding carboxylic acids is 1. The third-order valence-electron chi connectivity index (χ3n) is 4.07. The van der Waals surface area contributed by atoms with E-state index in [9.17, 15) is 23.4 Å². The number of anilines is 1. The Morgan fingerprint density at radius 1 is 1.39 bits per heavy atom. The van der Waals surface area contributed by atoms with E-state index in [1.807, 2.05) is 0 Å². The number of β-amino-alcohol motifs (C(OH)–C–C–N with tert-alkyl or cyclic N) is 1. The third kappa shape index (κ3) is 4.21. The summed E-state index contributed by atoms with van der Waals surface area (Å²) in [6.07, 6.45) is -0.690. The van der Waals surface area contributed by atoms with Gasteiger partial charge in [-0.1, -0.05) is 0 Å². The number of amides is 1. The number of carbonyl (C=O) groups is 1. The molecule has 0 unspecified atom stereocenters. The van der Waals surface area contributed by atoms with E-state index < -0.39 is 21.7 Å². The Hall–Kier alpha value is -1.64. The first-order valence-corrected chi connectivity index (χ1v) is 9.10. The number of nitrogens with zero attached hydrogens (tertiary/aromatic N) is 1. The molecule has 0 spiro atoms. The molecule has 1 saturated heterocycles. The molecule has 1 amide bonds. The van der Waals surface area contributed by atoms with E-state index in [4.69, 9.17) is 0 Å². The maximum absolute atomic E-state index is 12.4. The SMILES string of the molecule is CCS(=O)(=O)Nc1ccc(C(=O)N2CC[C@@](C)(O)[C@H](O)C2)cc1. The molecule has 8 heteroatoms. The molecule has 1 aromatic rings. The fraction of sp³-hybridized carbons (Fsp3) is 0.533. The van der Waals surface area contributed by atoms with Crippen LogP contribution in [-0.4, -0.2) is 60.0 Å². The predicted molar refractivity (Wildman–Crippen MR) is 86.7 cm³/mol. The van der Waals surface area contributed by atoms with Crippen molar-refractivity contribution in [3.8, 4) is 0 Å². The molecular weight excluding hydrogens is 320 g/mol. The monoisotopic (exact) mass is 342 g/mol. The highest BCUT2D eigenvalue weighted by Crippen LogP contribution is 2.23. The smallest absolute Gasteiger partial charge is 0.253 e. The van der Waals surface area contributed by atoms with Crippen molar-refractivity contribution in [3.63, 3.8) is 0 Å². The van der Waals surface area contributed by atoms with Crippen molar-refractivity contribution in [1.29, 1.82) is 0 Å². The summed E-state index contributed by atoms with van der Waals surface area (Å²) in [6, 6.07) is 6.12. The summed E-state index contributed by atoms with van der Waals surface area (Å²) in [5.74, 6) is -0.288. The van der Waals surface area contributed by atoms with Crippen LogP contribution in [0.1, 0.15) is 30.6 Å². The first-order valence-electron chi connectivity index (χ1n) is 7.45. The minimum atomic E-state index is -3.35. The molecule has 0 aliphatic carbocycles. The Labute approximate surface area is 136 Å². The molecule has 1 heterocycles. The number of likely N-dealkylation sites (tertiary alicyclic amines) is 1. The van der Waals surface area contributed by atoms with Crippen molar-refractivity contribution in [2.24, 2.45) is 0 Å². The Balaban J connectivity index is 2.06. The maximum Gasteiger partial charge on any atom is 0.253 e. The van der Waals surface area contributed by atoms with Crippen molar-refractivity contribution < 1.29 is 23.4 Å². The van der Waals surface area contributed by atoms with Gasteiger partial charge < -0.3 is 15.1 Å². The second-order valence-electron chi connectivity index (χ2n) is 5.96. The maximum atomic E-state index is 12.4. The lowest BCUT2D eigenvalue weighted by atomic mass is 9.90. The first-order chi connectivity index (χ1) is 10.6. The summed E-state index contributed by atoms with van der Waals surface area (Å²) in [6.45, 7) is 3.51. The zero-order valence-electron chi connectivity index (χ0n) is 13.2. The zero-order valence-corrected chi connectivity index (χ0v) is 14.0. The van der Waals surface area contributed by atoms with Gasteiger partial charge in [-0.3, -0.25) is 9.52 Å². The molecule has 1 aliphatic heterocycles. The number of nitrogens with one attached hydrogen (secondary N) is 1. The number of rotatable bonds is 4. The molecular formula is C15H22N2O5S. The van der Waals surface area contributed by atoms with Gasteiger partial charge >= 0.3 is 0 Å². The molecule has 1 aliphatic rings. The Morgan fingerprint density at radius 2 is 2.00 bits per heavy atom. The second-order valence-corrected chi connectivity index (χ2v) is 7.97. The van der Waals surface area contributed by atoms with E-state index in [0.717, 1.165) is 0 Å². The van der Waals surface area contributed by atoms with E-state index in [0.29, 0.717) is 24.2 Å². The van der Waals surface area contributed by atoms with Crippen LogP contribution in [0.15, 0.2) is 24.3 Å². The average molecular weight is 342 g/mol. The van der Waals surface area contributed by atoms with Crippen LogP contribution in [0.2, 0.25) is 0 Å². The van der Waals surface area contributed by atoms with Gasteiger partial charge in [0.2, 0.25) is 10.0 Å². The van der Waals surface area contributed by atoms with Crippen molar-refractivity contribution in [1.82, 2.24) is 4.90 Å². The van der Waals surface area contributed by atoms with Crippen molar-refractivity contribution >= 4 is 21.6 Å². The van der Waals surface area contributed by atoms with Gasteiger partial charge in [0.05, 0.1) is 17.5 Å². The van der Waals surface area contributed by atoms with Crippen LogP contribution in [-0.2, 0) is 10.0 Å². The van der Waals surface area contributed by atoms with E-state index >= 15 is 0 Å². The average Bonchev–Trinajstić information content (AvgIpc) is 2.50. The summed E-state index contributed by atoms with van der Waals surface area (Å²) in [5.41, 5.74) is -0.387. The van der Waals surface area contributed by atoms with Crippen LogP contribution in [0, 0.1) is 0 Å². The second kappa shape index (κ2) is 6.46. The summed E-state index contributed by atoms with van der Waals surface area (Å²) >= 11 is 0. The molecule has 0 bridgehead atoms. The van der Waals surface area contributed by atoms with E-state index in [2.05, 4.69) is 4.72 Å². The minimum Gasteiger partial charge on any atom is -0.388 e. The largest absolute Gasteiger partial charge is 0.388 e. The van der Waals surface area contributed by atoms with Crippen LogP contribution in [0.25, 0.3) is 0 Å². The summed E-state index contributed by atoms with van der Waals surface area (Å²) in [7, 11) is -3.35. The number of benzene rings is 1. The lowest BCUT2D eigenvalue weighted by molar-refractivity contribution is -0.0999. The summed E-state index contributed by atoms with van der Waals surface area (Å²) in [5, 5.41) is 19.8. The molecule has 2 rings (SSSR count). The first kappa shape index (κ1) is 17.7. The van der Waals surface area contributed by atoms with Crippen LogP contribution < -0.4 is 4.72 Å². The molecule has 128 valence electrons. The molecule has 3 N–H and O–H groups in total. The molecule has 0 aromatic heterocycles. The molecule has 2 atom stereocenters. The number of hydrogen-bond donors (Lipinski definition) is 3. The quantitative estimate of drug-likeness (QED) is 0.734. The molecule has 1 aromatic carbocycles. The Morgan fingerprint density at radius 3 is 2.52 bits per heavy atom. The summed E-state index contributed by atoms with van der Waals surface area (Å²) < 4.78 is 25.4. The number of aliphatic hydroxyl groups is 2. The van der Waals surface area contributed by atoms with Gasteiger partial charge in [-0.25, -0.2) is 8.42 Å². The number of aliphatic hydroxyl groups excluding tert-OH is 1. The van der Waals surface area contributed by atoms with Gasteiger partial charge in [0.1, 0.15) is 0 Å². The number of sulfonamides is 1. The highest BCUT2D eigenvalue weighted by molar-refractivity contribution is 7.92. The topological polar surface area (TPSA) is 107 Å². The Bertz CT molecular complexity index is 670. The number of hydrogen-bond acceptors (Lipinski definition) is 5. The normalized spacial score (nSPS) is 25.2. The van der Waals surface area contributed by atoms with Gasteiger partial charge in [-0.05, 0) is 44.5 Å². The van der Waals surface area contributed by atoms with Gasteiger partial charge in [0, 0.05) is 24.3 Å². The number of piperidine rings is 1. The predicted octanol–water partition coefficient (Wildman–Crippen LogP) is 0.406. The van der Waals surface area contributed by atoms with Crippen LogP contribution in [0.4, 0.5) is 5.69 Å². The minimum absolute atomic E-state index is 0.0285. The van der Waals surface area contributed by atoms with Crippen molar-refractivity contribution in [2.75, 3.05) is 23.6 Å². The highest BCUT2D eigenvalue weighted by atomic mass is 32.2. The molecule has 23 heavy (non-hydrogen) atoms. The van der Waals surface area contributed by atoms with Crippen molar-refractivity contribution in [3.05, 3.63) is 29.8 Å². The van der Waals surface area contributed by atoms with Gasteiger partial charge in [0.15, 0.2) is 0 Å². The molecule has 7 nitrogen and oxygen atoms in total. The molecule has 1 fully saturated rings. The lowest BCUT2D eigenvalue weighted by Crippen LogP contribution is -2.55. The standard InChI is InChI=1S/C15H22N2O5S/c1-3-23(21,22)16-12-6-4-11(5-7-12)14(19)17-9-8-15(2,20)13(18)10-17/h4-7,13,16,18,20H,3,8-10H2,1-2H3/t13-,15-/m1/s1.